The molecular weight excluding hydrogens is 257 g/mol. The number of aromatic nitrogens is 4. The van der Waals surface area contributed by atoms with Crippen molar-refractivity contribution in [2.45, 2.75) is 13.5 Å². The maximum atomic E-state index is 13.6. The summed E-state index contributed by atoms with van der Waals surface area (Å²) < 4.78 is 15.2. The van der Waals surface area contributed by atoms with E-state index in [2.05, 4.69) is 20.6 Å². The Labute approximate surface area is 115 Å². The summed E-state index contributed by atoms with van der Waals surface area (Å²) in [6, 6.07) is 8.50. The van der Waals surface area contributed by atoms with Gasteiger partial charge in [0.1, 0.15) is 11.5 Å². The fourth-order valence-corrected chi connectivity index (χ4v) is 1.94. The Kier molecular flexibility index (Phi) is 3.20. The van der Waals surface area contributed by atoms with E-state index in [-0.39, 0.29) is 5.82 Å². The number of benzene rings is 1. The molecule has 1 aromatic carbocycles. The number of hydrogen-bond acceptors (Lipinski definition) is 3. The topological polar surface area (TPSA) is 58.5 Å². The Hall–Kier alpha value is -2.63. The predicted molar refractivity (Wildman–Crippen MR) is 74.2 cm³/mol. The number of aromatic amines is 1. The molecule has 0 aliphatic heterocycles. The van der Waals surface area contributed by atoms with Crippen LogP contribution in [0.25, 0.3) is 5.69 Å². The lowest BCUT2D eigenvalue weighted by molar-refractivity contribution is 0.611. The van der Waals surface area contributed by atoms with Gasteiger partial charge in [-0.1, -0.05) is 12.1 Å². The minimum Gasteiger partial charge on any atom is -0.377 e. The standard InChI is InChI=1S/C14H14FN5/c1-10-6-11(19-18-10)7-16-12-8-17-20(9-12)14-5-3-2-4-13(14)15/h2-6,8-9,16H,7H2,1H3,(H,18,19). The van der Waals surface area contributed by atoms with Crippen LogP contribution in [0.1, 0.15) is 11.4 Å². The molecule has 0 amide bonds. The number of aryl methyl sites for hydroxylation is 1. The third-order valence-electron chi connectivity index (χ3n) is 2.91. The smallest absolute Gasteiger partial charge is 0.148 e. The van der Waals surface area contributed by atoms with E-state index in [0.29, 0.717) is 12.2 Å². The third-order valence-corrected chi connectivity index (χ3v) is 2.91. The Morgan fingerprint density at radius 1 is 1.35 bits per heavy atom. The van der Waals surface area contributed by atoms with E-state index in [1.807, 2.05) is 13.0 Å². The normalized spacial score (nSPS) is 10.7. The van der Waals surface area contributed by atoms with Crippen LogP contribution in [0.4, 0.5) is 10.1 Å². The maximum absolute atomic E-state index is 13.6. The second kappa shape index (κ2) is 5.16. The molecule has 6 heteroatoms. The van der Waals surface area contributed by atoms with Crippen molar-refractivity contribution in [2.75, 3.05) is 5.32 Å². The van der Waals surface area contributed by atoms with E-state index in [1.54, 1.807) is 30.6 Å². The molecule has 2 aromatic heterocycles. The number of anilines is 1. The molecule has 0 spiro atoms. The van der Waals surface area contributed by atoms with Crippen molar-refractivity contribution in [3.8, 4) is 5.69 Å². The van der Waals surface area contributed by atoms with Gasteiger partial charge in [-0.05, 0) is 25.1 Å². The highest BCUT2D eigenvalue weighted by atomic mass is 19.1. The summed E-state index contributed by atoms with van der Waals surface area (Å²) in [6.07, 6.45) is 3.41. The second-order valence-corrected chi connectivity index (χ2v) is 4.52. The Balaban J connectivity index is 1.72. The number of halogens is 1. The van der Waals surface area contributed by atoms with Crippen molar-refractivity contribution in [2.24, 2.45) is 0 Å². The lowest BCUT2D eigenvalue weighted by Gasteiger charge is -2.02. The van der Waals surface area contributed by atoms with Gasteiger partial charge in [0.15, 0.2) is 0 Å². The zero-order chi connectivity index (χ0) is 13.9. The molecule has 0 unspecified atom stereocenters. The van der Waals surface area contributed by atoms with Gasteiger partial charge in [-0.15, -0.1) is 0 Å². The molecule has 0 saturated heterocycles. The van der Waals surface area contributed by atoms with E-state index in [4.69, 9.17) is 0 Å². The maximum Gasteiger partial charge on any atom is 0.148 e. The Morgan fingerprint density at radius 3 is 2.95 bits per heavy atom. The molecule has 3 aromatic rings. The molecule has 0 atom stereocenters. The number of para-hydroxylation sites is 1. The van der Waals surface area contributed by atoms with Crippen molar-refractivity contribution >= 4 is 5.69 Å². The first kappa shape index (κ1) is 12.4. The van der Waals surface area contributed by atoms with E-state index in [9.17, 15) is 4.39 Å². The van der Waals surface area contributed by atoms with Crippen LogP contribution >= 0.6 is 0 Å². The Morgan fingerprint density at radius 2 is 2.20 bits per heavy atom. The van der Waals surface area contributed by atoms with Crippen LogP contribution in [0.3, 0.4) is 0 Å². The zero-order valence-electron chi connectivity index (χ0n) is 11.0. The molecule has 102 valence electrons. The monoisotopic (exact) mass is 271 g/mol. The van der Waals surface area contributed by atoms with E-state index >= 15 is 0 Å². The van der Waals surface area contributed by atoms with Crippen LogP contribution in [0, 0.1) is 12.7 Å². The first-order valence-electron chi connectivity index (χ1n) is 6.27. The van der Waals surface area contributed by atoms with E-state index < -0.39 is 0 Å². The third kappa shape index (κ3) is 2.54. The Bertz CT molecular complexity index is 716. The first-order chi connectivity index (χ1) is 9.72. The fraction of sp³-hybridized carbons (Fsp3) is 0.143. The molecule has 3 rings (SSSR count). The van der Waals surface area contributed by atoms with Crippen LogP contribution in [-0.2, 0) is 6.54 Å². The molecule has 2 heterocycles. The molecule has 2 N–H and O–H groups in total. The predicted octanol–water partition coefficient (Wildman–Crippen LogP) is 2.66. The summed E-state index contributed by atoms with van der Waals surface area (Å²) in [6.45, 7) is 2.54. The van der Waals surface area contributed by atoms with Crippen LogP contribution in [0.15, 0.2) is 42.7 Å². The van der Waals surface area contributed by atoms with E-state index in [1.165, 1.54) is 10.7 Å². The van der Waals surface area contributed by atoms with Crippen LogP contribution in [0.5, 0.6) is 0 Å². The summed E-state index contributed by atoms with van der Waals surface area (Å²) >= 11 is 0. The molecule has 0 bridgehead atoms. The van der Waals surface area contributed by atoms with Crippen molar-refractivity contribution < 1.29 is 4.39 Å². The van der Waals surface area contributed by atoms with Gasteiger partial charge < -0.3 is 5.32 Å². The highest BCUT2D eigenvalue weighted by Crippen LogP contribution is 2.15. The molecule has 0 radical (unpaired) electrons. The average Bonchev–Trinajstić information content (AvgIpc) is 3.06. The molecule has 0 saturated carbocycles. The van der Waals surface area contributed by atoms with Gasteiger partial charge in [0.25, 0.3) is 0 Å². The minimum atomic E-state index is -0.301. The summed E-state index contributed by atoms with van der Waals surface area (Å²) in [5, 5.41) is 14.4. The molecule has 0 aliphatic rings. The van der Waals surface area contributed by atoms with Crippen molar-refractivity contribution in [1.82, 2.24) is 20.0 Å². The minimum absolute atomic E-state index is 0.301. The summed E-state index contributed by atoms with van der Waals surface area (Å²) in [4.78, 5) is 0. The van der Waals surface area contributed by atoms with Gasteiger partial charge in [0, 0.05) is 5.69 Å². The van der Waals surface area contributed by atoms with Gasteiger partial charge in [-0.2, -0.15) is 10.2 Å². The number of H-pyrrole nitrogens is 1. The summed E-state index contributed by atoms with van der Waals surface area (Å²) in [7, 11) is 0. The highest BCUT2D eigenvalue weighted by Gasteiger charge is 2.05. The van der Waals surface area contributed by atoms with Gasteiger partial charge >= 0.3 is 0 Å². The summed E-state index contributed by atoms with van der Waals surface area (Å²) in [5.74, 6) is -0.301. The molecular formula is C14H14FN5. The van der Waals surface area contributed by atoms with Crippen molar-refractivity contribution in [3.63, 3.8) is 0 Å². The van der Waals surface area contributed by atoms with Gasteiger partial charge in [-0.25, -0.2) is 9.07 Å². The average molecular weight is 271 g/mol. The largest absolute Gasteiger partial charge is 0.377 e. The molecule has 0 fully saturated rings. The number of rotatable bonds is 4. The number of nitrogens with one attached hydrogen (secondary N) is 2. The first-order valence-corrected chi connectivity index (χ1v) is 6.27. The lowest BCUT2D eigenvalue weighted by atomic mass is 10.3. The van der Waals surface area contributed by atoms with Crippen LogP contribution in [-0.4, -0.2) is 20.0 Å². The van der Waals surface area contributed by atoms with E-state index in [0.717, 1.165) is 17.1 Å². The van der Waals surface area contributed by atoms with Gasteiger partial charge in [0.2, 0.25) is 0 Å². The molecule has 0 aliphatic carbocycles. The van der Waals surface area contributed by atoms with Crippen LogP contribution in [0.2, 0.25) is 0 Å². The van der Waals surface area contributed by atoms with Crippen molar-refractivity contribution in [1.29, 1.82) is 0 Å². The van der Waals surface area contributed by atoms with Crippen molar-refractivity contribution in [3.05, 3.63) is 59.9 Å². The molecule has 20 heavy (non-hydrogen) atoms. The van der Waals surface area contributed by atoms with Gasteiger partial charge in [-0.3, -0.25) is 5.10 Å². The number of nitrogens with zero attached hydrogens (tertiary/aromatic N) is 3. The van der Waals surface area contributed by atoms with Crippen LogP contribution < -0.4 is 5.32 Å². The van der Waals surface area contributed by atoms with Gasteiger partial charge in [0.05, 0.1) is 30.3 Å². The SMILES string of the molecule is Cc1cc(CNc2cnn(-c3ccccc3F)c2)n[nH]1. The second-order valence-electron chi connectivity index (χ2n) is 4.52. The zero-order valence-corrected chi connectivity index (χ0v) is 11.0. The fourth-order valence-electron chi connectivity index (χ4n) is 1.94. The highest BCUT2D eigenvalue weighted by molar-refractivity contribution is 5.43. The summed E-state index contributed by atoms with van der Waals surface area (Å²) in [5.41, 5.74) is 3.18. The number of hydrogen-bond donors (Lipinski definition) is 2. The quantitative estimate of drug-likeness (QED) is 0.767. The lowest BCUT2D eigenvalue weighted by Crippen LogP contribution is -1.99. The molecule has 5 nitrogen and oxygen atoms in total.